The van der Waals surface area contributed by atoms with Gasteiger partial charge in [-0.1, -0.05) is 93.6 Å². The Hall–Kier alpha value is -4.95. The summed E-state index contributed by atoms with van der Waals surface area (Å²) in [5.74, 6) is -0.880. The maximum atomic E-state index is 12.8. The van der Waals surface area contributed by atoms with Gasteiger partial charge in [0.1, 0.15) is 6.04 Å². The lowest BCUT2D eigenvalue weighted by molar-refractivity contribution is -0.139. The van der Waals surface area contributed by atoms with E-state index in [9.17, 15) is 19.5 Å². The minimum absolute atomic E-state index is 0.0447. The number of Topliss-reactive ketones (excluding diaryl/α,β-unsaturated/α-hetero) is 1. The van der Waals surface area contributed by atoms with Gasteiger partial charge in [0.25, 0.3) is 5.91 Å². The van der Waals surface area contributed by atoms with Crippen molar-refractivity contribution in [2.75, 3.05) is 0 Å². The Morgan fingerprint density at radius 3 is 1.77 bits per heavy atom. The lowest BCUT2D eigenvalue weighted by Gasteiger charge is -2.16. The topological polar surface area (TPSA) is 109 Å². The van der Waals surface area contributed by atoms with Crippen LogP contribution in [0.2, 0.25) is 0 Å². The van der Waals surface area contributed by atoms with Gasteiger partial charge in [-0.15, -0.1) is 11.3 Å². The molecule has 0 saturated carbocycles. The van der Waals surface area contributed by atoms with Crippen LogP contribution in [-0.4, -0.2) is 38.8 Å². The lowest BCUT2D eigenvalue weighted by atomic mass is 9.95. The van der Waals surface area contributed by atoms with E-state index in [0.717, 1.165) is 38.3 Å². The summed E-state index contributed by atoms with van der Waals surface area (Å²) in [6, 6.07) is 25.6. The number of rotatable bonds is 9. The summed E-state index contributed by atoms with van der Waals surface area (Å²) in [7, 11) is 0. The molecule has 0 aliphatic carbocycles. The molecule has 0 fully saturated rings. The second kappa shape index (κ2) is 12.7. The molecule has 1 amide bonds. The normalized spacial score (nSPS) is 12.0. The highest BCUT2D eigenvalue weighted by atomic mass is 32.1. The molecule has 222 valence electrons. The number of carboxylic acid groups (broad SMARTS) is 1. The molecular weight excluding hydrogens is 570 g/mol. The molecule has 0 saturated heterocycles. The van der Waals surface area contributed by atoms with Crippen LogP contribution in [0.25, 0.3) is 33.6 Å². The van der Waals surface area contributed by atoms with Crippen molar-refractivity contribution in [1.82, 2.24) is 15.3 Å². The van der Waals surface area contributed by atoms with Crippen molar-refractivity contribution in [2.45, 2.75) is 45.6 Å². The van der Waals surface area contributed by atoms with Crippen molar-refractivity contribution in [1.29, 1.82) is 0 Å². The fourth-order valence-corrected chi connectivity index (χ4v) is 5.66. The van der Waals surface area contributed by atoms with Gasteiger partial charge in [0, 0.05) is 40.4 Å². The number of nitrogens with one attached hydrogen (secondary N) is 1. The third-order valence-electron chi connectivity index (χ3n) is 7.32. The van der Waals surface area contributed by atoms with Crippen LogP contribution in [-0.2, 0) is 16.6 Å². The van der Waals surface area contributed by atoms with E-state index >= 15 is 0 Å². The molecule has 44 heavy (non-hydrogen) atoms. The summed E-state index contributed by atoms with van der Waals surface area (Å²) in [6.07, 6.45) is 3.70. The Bertz CT molecular complexity index is 1790. The Kier molecular flexibility index (Phi) is 8.83. The minimum Gasteiger partial charge on any atom is -0.480 e. The number of aliphatic carboxylic acids is 1. The number of ketones is 1. The maximum Gasteiger partial charge on any atom is 0.326 e. The molecular formula is C36H33N3O4S. The monoisotopic (exact) mass is 603 g/mol. The van der Waals surface area contributed by atoms with Gasteiger partial charge >= 0.3 is 5.97 Å². The molecule has 1 atom stereocenters. The van der Waals surface area contributed by atoms with Gasteiger partial charge in [-0.25, -0.2) is 14.8 Å². The number of thiophene rings is 1. The smallest absolute Gasteiger partial charge is 0.326 e. The molecule has 2 N–H and O–H groups in total. The first-order chi connectivity index (χ1) is 21.0. The highest BCUT2D eigenvalue weighted by molar-refractivity contribution is 7.14. The molecule has 0 unspecified atom stereocenters. The highest BCUT2D eigenvalue weighted by Gasteiger charge is 2.24. The van der Waals surface area contributed by atoms with Crippen LogP contribution < -0.4 is 5.32 Å². The van der Waals surface area contributed by atoms with E-state index in [2.05, 4.69) is 36.1 Å². The summed E-state index contributed by atoms with van der Waals surface area (Å²) in [5.41, 5.74) is 6.12. The molecule has 8 heteroatoms. The Labute approximate surface area is 260 Å². The Morgan fingerprint density at radius 2 is 1.27 bits per heavy atom. The zero-order valence-corrected chi connectivity index (χ0v) is 25.8. The standard InChI is InChI=1S/C36H33N3O4S/c1-22(40)24-9-11-25(12-10-24)26-13-15-27(16-14-26)29-20-37-33(38-21-29)28-7-5-23(6-8-28)19-30(35(42)43)39-34(41)31-17-18-32(44-31)36(2,3)4/h5-18,20-21,30H,19H2,1-4H3,(H,39,41)(H,42,43)/t30-/m0/s1. The van der Waals surface area contributed by atoms with Crippen LogP contribution in [0.3, 0.4) is 0 Å². The zero-order chi connectivity index (χ0) is 31.4. The number of hydrogen-bond acceptors (Lipinski definition) is 6. The predicted octanol–water partition coefficient (Wildman–Crippen LogP) is 7.46. The highest BCUT2D eigenvalue weighted by Crippen LogP contribution is 2.30. The third-order valence-corrected chi connectivity index (χ3v) is 8.83. The summed E-state index contributed by atoms with van der Waals surface area (Å²) >= 11 is 1.38. The number of amides is 1. The molecule has 5 rings (SSSR count). The van der Waals surface area contributed by atoms with Gasteiger partial charge in [0.2, 0.25) is 0 Å². The number of benzene rings is 3. The number of carboxylic acids is 1. The van der Waals surface area contributed by atoms with Crippen LogP contribution in [0, 0.1) is 0 Å². The zero-order valence-electron chi connectivity index (χ0n) is 25.0. The summed E-state index contributed by atoms with van der Waals surface area (Å²) in [6.45, 7) is 7.77. The quantitative estimate of drug-likeness (QED) is 0.169. The third kappa shape index (κ3) is 7.15. The molecule has 0 spiro atoms. The number of nitrogens with zero attached hydrogens (tertiary/aromatic N) is 2. The van der Waals surface area contributed by atoms with Gasteiger partial charge < -0.3 is 10.4 Å². The molecule has 0 bridgehead atoms. The number of carbonyl (C=O) groups excluding carboxylic acids is 2. The van der Waals surface area contributed by atoms with E-state index < -0.39 is 12.0 Å². The Morgan fingerprint density at radius 1 is 0.750 bits per heavy atom. The van der Waals surface area contributed by atoms with E-state index in [1.807, 2.05) is 78.9 Å². The average Bonchev–Trinajstić information content (AvgIpc) is 3.53. The van der Waals surface area contributed by atoms with Gasteiger partial charge in [-0.3, -0.25) is 9.59 Å². The first-order valence-corrected chi connectivity index (χ1v) is 15.1. The van der Waals surface area contributed by atoms with Crippen LogP contribution in [0.15, 0.2) is 97.3 Å². The van der Waals surface area contributed by atoms with Gasteiger partial charge in [0.05, 0.1) is 4.88 Å². The lowest BCUT2D eigenvalue weighted by Crippen LogP contribution is -2.42. The van der Waals surface area contributed by atoms with Crippen LogP contribution in [0.4, 0.5) is 0 Å². The number of aromatic nitrogens is 2. The molecule has 2 heterocycles. The largest absolute Gasteiger partial charge is 0.480 e. The molecule has 0 radical (unpaired) electrons. The number of hydrogen-bond donors (Lipinski definition) is 2. The molecule has 0 aliphatic rings. The molecule has 7 nitrogen and oxygen atoms in total. The van der Waals surface area contributed by atoms with Crippen LogP contribution >= 0.6 is 11.3 Å². The van der Waals surface area contributed by atoms with Gasteiger partial charge in [0.15, 0.2) is 11.6 Å². The summed E-state index contributed by atoms with van der Waals surface area (Å²) < 4.78 is 0. The second-order valence-electron chi connectivity index (χ2n) is 11.7. The van der Waals surface area contributed by atoms with Gasteiger partial charge in [-0.2, -0.15) is 0 Å². The first-order valence-electron chi connectivity index (χ1n) is 14.2. The van der Waals surface area contributed by atoms with E-state index in [4.69, 9.17) is 0 Å². The predicted molar refractivity (Wildman–Crippen MR) is 174 cm³/mol. The van der Waals surface area contributed by atoms with Crippen molar-refractivity contribution in [3.63, 3.8) is 0 Å². The van der Waals surface area contributed by atoms with Crippen LogP contribution in [0.5, 0.6) is 0 Å². The average molecular weight is 604 g/mol. The van der Waals surface area contributed by atoms with Crippen molar-refractivity contribution >= 4 is 29.0 Å². The SMILES string of the molecule is CC(=O)c1ccc(-c2ccc(-c3cnc(-c4ccc(C[C@H](NC(=O)c5ccc(C(C)(C)C)s5)C(=O)O)cc4)nc3)cc2)cc1. The van der Waals surface area contributed by atoms with Crippen molar-refractivity contribution < 1.29 is 19.5 Å². The van der Waals surface area contributed by atoms with Gasteiger partial charge in [-0.05, 0) is 46.7 Å². The second-order valence-corrected chi connectivity index (χ2v) is 12.8. The minimum atomic E-state index is -1.09. The van der Waals surface area contributed by atoms with Crippen molar-refractivity contribution in [3.8, 4) is 33.6 Å². The fraction of sp³-hybridized carbons (Fsp3) is 0.194. The number of carbonyl (C=O) groups is 3. The van der Waals surface area contributed by atoms with E-state index in [-0.39, 0.29) is 23.5 Å². The van der Waals surface area contributed by atoms with E-state index in [0.29, 0.717) is 16.3 Å². The molecule has 3 aromatic carbocycles. The first kappa shape index (κ1) is 30.5. The van der Waals surface area contributed by atoms with Crippen LogP contribution in [0.1, 0.15) is 58.2 Å². The summed E-state index contributed by atoms with van der Waals surface area (Å²) in [5, 5.41) is 12.4. The van der Waals surface area contributed by atoms with Crippen molar-refractivity contribution in [3.05, 3.63) is 118 Å². The van der Waals surface area contributed by atoms with Crippen molar-refractivity contribution in [2.24, 2.45) is 0 Å². The van der Waals surface area contributed by atoms with E-state index in [1.54, 1.807) is 25.4 Å². The fourth-order valence-electron chi connectivity index (χ4n) is 4.70. The molecule has 2 aromatic heterocycles. The molecule has 5 aromatic rings. The summed E-state index contributed by atoms with van der Waals surface area (Å²) in [4.78, 5) is 46.9. The Balaban J connectivity index is 1.22. The maximum absolute atomic E-state index is 12.8. The molecule has 0 aliphatic heterocycles. The van der Waals surface area contributed by atoms with E-state index in [1.165, 1.54) is 11.3 Å².